The lowest BCUT2D eigenvalue weighted by atomic mass is 10.2. The normalized spacial score (nSPS) is 11.2. The van der Waals surface area contributed by atoms with Crippen LogP contribution in [0, 0.1) is 6.92 Å². The van der Waals surface area contributed by atoms with Gasteiger partial charge in [-0.1, -0.05) is 12.1 Å². The van der Waals surface area contributed by atoms with Gasteiger partial charge in [0, 0.05) is 19.3 Å². The number of hydrogen-bond acceptors (Lipinski definition) is 6. The van der Waals surface area contributed by atoms with Gasteiger partial charge >= 0.3 is 0 Å². The highest BCUT2D eigenvalue weighted by molar-refractivity contribution is 5.76. The molecule has 4 N–H and O–H groups in total. The van der Waals surface area contributed by atoms with E-state index in [9.17, 15) is 0 Å². The average Bonchev–Trinajstić information content (AvgIpc) is 3.35. The summed E-state index contributed by atoms with van der Waals surface area (Å²) in [4.78, 5) is 23.9. The molecule has 5 aromatic rings. The van der Waals surface area contributed by atoms with Gasteiger partial charge < -0.3 is 20.6 Å². The monoisotopic (exact) mass is 384 g/mol. The highest BCUT2D eigenvalue weighted by Gasteiger charge is 2.04. The number of hydrogen-bond donors (Lipinski definition) is 4. The molecule has 3 heterocycles. The summed E-state index contributed by atoms with van der Waals surface area (Å²) in [5.74, 6) is 2.27. The second kappa shape index (κ2) is 7.23. The Morgan fingerprint density at radius 3 is 2.52 bits per heavy atom. The zero-order valence-corrected chi connectivity index (χ0v) is 15.9. The first-order chi connectivity index (χ1) is 14.2. The van der Waals surface area contributed by atoms with E-state index in [-0.39, 0.29) is 0 Å². The first-order valence-corrected chi connectivity index (χ1v) is 9.41. The number of rotatable bonds is 6. The van der Waals surface area contributed by atoms with E-state index in [1.807, 2.05) is 31.2 Å². The molecule has 8 nitrogen and oxygen atoms in total. The maximum Gasteiger partial charge on any atom is 0.224 e. The van der Waals surface area contributed by atoms with Crippen LogP contribution in [0.15, 0.2) is 55.0 Å². The molecule has 29 heavy (non-hydrogen) atoms. The molecule has 0 saturated carbocycles. The number of nitrogens with zero attached hydrogens (tertiary/aromatic N) is 4. The zero-order chi connectivity index (χ0) is 19.6. The molecular formula is C21H20N8. The average molecular weight is 384 g/mol. The molecule has 5 rings (SSSR count). The van der Waals surface area contributed by atoms with E-state index in [1.165, 1.54) is 0 Å². The third-order valence-corrected chi connectivity index (χ3v) is 4.73. The van der Waals surface area contributed by atoms with E-state index < -0.39 is 0 Å². The summed E-state index contributed by atoms with van der Waals surface area (Å²) in [5, 5.41) is 6.63. The first-order valence-electron chi connectivity index (χ1n) is 9.41. The maximum absolute atomic E-state index is 4.55. The van der Waals surface area contributed by atoms with Gasteiger partial charge in [-0.25, -0.2) is 15.0 Å². The molecular weight excluding hydrogens is 364 g/mol. The SMILES string of the molecule is Cc1nc2ccc(CNc3ccnc(NCc4ccc5nc[nH]c5c4)n3)cc2[nH]1. The van der Waals surface area contributed by atoms with Gasteiger partial charge in [-0.3, -0.25) is 0 Å². The predicted molar refractivity (Wildman–Crippen MR) is 114 cm³/mol. The number of anilines is 2. The molecule has 0 aliphatic carbocycles. The fourth-order valence-corrected chi connectivity index (χ4v) is 3.30. The fraction of sp³-hybridized carbons (Fsp3) is 0.143. The Morgan fingerprint density at radius 2 is 1.62 bits per heavy atom. The molecule has 0 radical (unpaired) electrons. The van der Waals surface area contributed by atoms with Crippen molar-refractivity contribution in [3.8, 4) is 0 Å². The van der Waals surface area contributed by atoms with E-state index in [4.69, 9.17) is 0 Å². The molecule has 0 bridgehead atoms. The summed E-state index contributed by atoms with van der Waals surface area (Å²) >= 11 is 0. The van der Waals surface area contributed by atoms with Crippen molar-refractivity contribution in [1.29, 1.82) is 0 Å². The van der Waals surface area contributed by atoms with Gasteiger partial charge in [-0.2, -0.15) is 4.98 Å². The van der Waals surface area contributed by atoms with E-state index in [0.29, 0.717) is 19.0 Å². The van der Waals surface area contributed by atoms with Crippen molar-refractivity contribution in [2.24, 2.45) is 0 Å². The summed E-state index contributed by atoms with van der Waals surface area (Å²) in [6.45, 7) is 3.26. The Balaban J connectivity index is 1.23. The molecule has 8 heteroatoms. The number of benzene rings is 2. The van der Waals surface area contributed by atoms with Gasteiger partial charge in [-0.15, -0.1) is 0 Å². The Morgan fingerprint density at radius 1 is 0.828 bits per heavy atom. The molecule has 0 unspecified atom stereocenters. The molecule has 144 valence electrons. The molecule has 0 amide bonds. The van der Waals surface area contributed by atoms with Gasteiger partial charge in [0.1, 0.15) is 11.6 Å². The number of aryl methyl sites for hydroxylation is 1. The van der Waals surface area contributed by atoms with Crippen LogP contribution in [0.2, 0.25) is 0 Å². The third-order valence-electron chi connectivity index (χ3n) is 4.73. The first kappa shape index (κ1) is 17.2. The lowest BCUT2D eigenvalue weighted by molar-refractivity contribution is 1.04. The topological polar surface area (TPSA) is 107 Å². The fourth-order valence-electron chi connectivity index (χ4n) is 3.30. The van der Waals surface area contributed by atoms with Crippen molar-refractivity contribution in [1.82, 2.24) is 29.9 Å². The Labute approximate surface area is 166 Å². The molecule has 3 aromatic heterocycles. The smallest absolute Gasteiger partial charge is 0.224 e. The second-order valence-electron chi connectivity index (χ2n) is 6.90. The van der Waals surface area contributed by atoms with Crippen molar-refractivity contribution in [2.75, 3.05) is 10.6 Å². The zero-order valence-electron chi connectivity index (χ0n) is 15.9. The quantitative estimate of drug-likeness (QED) is 0.355. The second-order valence-corrected chi connectivity index (χ2v) is 6.90. The van der Waals surface area contributed by atoms with Crippen LogP contribution in [-0.4, -0.2) is 29.9 Å². The molecule has 2 aromatic carbocycles. The van der Waals surface area contributed by atoms with Crippen LogP contribution in [0.4, 0.5) is 11.8 Å². The standard InChI is InChI=1S/C21H20N8/c1-13-27-17-5-3-15(9-19(17)28-13)10-23-20-6-7-22-21(29-20)24-11-14-2-4-16-18(8-14)26-12-25-16/h2-9,12H,10-11H2,1H3,(H,25,26)(H,27,28)(H2,22,23,24,29). The number of aromatic nitrogens is 6. The van der Waals surface area contributed by atoms with Crippen molar-refractivity contribution < 1.29 is 0 Å². The minimum atomic E-state index is 0.583. The number of fused-ring (bicyclic) bond motifs is 2. The van der Waals surface area contributed by atoms with E-state index in [2.05, 4.69) is 58.7 Å². The van der Waals surface area contributed by atoms with Gasteiger partial charge in [0.25, 0.3) is 0 Å². The molecule has 0 atom stereocenters. The minimum absolute atomic E-state index is 0.583. The Bertz CT molecular complexity index is 1290. The third kappa shape index (κ3) is 3.73. The van der Waals surface area contributed by atoms with Crippen LogP contribution in [0.5, 0.6) is 0 Å². The largest absolute Gasteiger partial charge is 0.366 e. The van der Waals surface area contributed by atoms with E-state index in [1.54, 1.807) is 12.5 Å². The highest BCUT2D eigenvalue weighted by Crippen LogP contribution is 2.16. The van der Waals surface area contributed by atoms with E-state index >= 15 is 0 Å². The predicted octanol–water partition coefficient (Wildman–Crippen LogP) is 3.76. The summed E-state index contributed by atoms with van der Waals surface area (Å²) in [6.07, 6.45) is 3.45. The lowest BCUT2D eigenvalue weighted by Gasteiger charge is -2.09. The van der Waals surface area contributed by atoms with Crippen molar-refractivity contribution in [2.45, 2.75) is 20.0 Å². The van der Waals surface area contributed by atoms with Gasteiger partial charge in [0.05, 0.1) is 28.4 Å². The van der Waals surface area contributed by atoms with Crippen LogP contribution < -0.4 is 10.6 Å². The molecule has 0 spiro atoms. The van der Waals surface area contributed by atoms with Crippen LogP contribution >= 0.6 is 0 Å². The highest BCUT2D eigenvalue weighted by atomic mass is 15.1. The molecule has 0 aliphatic rings. The maximum atomic E-state index is 4.55. The van der Waals surface area contributed by atoms with E-state index in [0.717, 1.165) is 44.8 Å². The summed E-state index contributed by atoms with van der Waals surface area (Å²) < 4.78 is 0. The van der Waals surface area contributed by atoms with Crippen molar-refractivity contribution >= 4 is 33.8 Å². The van der Waals surface area contributed by atoms with Crippen molar-refractivity contribution in [3.05, 3.63) is 71.9 Å². The molecule has 0 aliphatic heterocycles. The van der Waals surface area contributed by atoms with Crippen LogP contribution in [0.3, 0.4) is 0 Å². The van der Waals surface area contributed by atoms with Crippen LogP contribution in [0.1, 0.15) is 17.0 Å². The number of nitrogens with one attached hydrogen (secondary N) is 4. The van der Waals surface area contributed by atoms with Crippen molar-refractivity contribution in [3.63, 3.8) is 0 Å². The summed E-state index contributed by atoms with van der Waals surface area (Å²) in [5.41, 5.74) is 6.29. The number of imidazole rings is 2. The Kier molecular flexibility index (Phi) is 4.28. The van der Waals surface area contributed by atoms with Gasteiger partial charge in [0.2, 0.25) is 5.95 Å². The molecule has 0 saturated heterocycles. The summed E-state index contributed by atoms with van der Waals surface area (Å²) in [6, 6.07) is 14.2. The van der Waals surface area contributed by atoms with Crippen LogP contribution in [0.25, 0.3) is 22.1 Å². The lowest BCUT2D eigenvalue weighted by Crippen LogP contribution is -2.06. The molecule has 0 fully saturated rings. The Hall–Kier alpha value is -3.94. The number of H-pyrrole nitrogens is 2. The number of aromatic amines is 2. The van der Waals surface area contributed by atoms with Gasteiger partial charge in [0.15, 0.2) is 0 Å². The van der Waals surface area contributed by atoms with Crippen LogP contribution in [-0.2, 0) is 13.1 Å². The van der Waals surface area contributed by atoms with Gasteiger partial charge in [-0.05, 0) is 48.4 Å². The minimum Gasteiger partial charge on any atom is -0.366 e. The summed E-state index contributed by atoms with van der Waals surface area (Å²) in [7, 11) is 0.